The van der Waals surface area contributed by atoms with Crippen molar-refractivity contribution in [2.45, 2.75) is 24.5 Å². The normalized spacial score (nSPS) is 13.8. The van der Waals surface area contributed by atoms with Gasteiger partial charge < -0.3 is 4.98 Å². The molecule has 0 fully saturated rings. The number of hydrogen-bond donors (Lipinski definition) is 1. The molecule has 0 aliphatic heterocycles. The maximum atomic E-state index is 13.5. The number of H-pyrrole nitrogens is 1. The molecule has 1 heterocycles. The number of aromatic amines is 1. The van der Waals surface area contributed by atoms with Crippen LogP contribution in [0.15, 0.2) is 30.3 Å². The Labute approximate surface area is 169 Å². The first-order valence-electron chi connectivity index (χ1n) is 7.86. The van der Waals surface area contributed by atoms with Gasteiger partial charge in [-0.2, -0.15) is 48.3 Å². The summed E-state index contributed by atoms with van der Waals surface area (Å²) in [5.41, 5.74) is -5.81. The summed E-state index contributed by atoms with van der Waals surface area (Å²) in [6, 6.07) is 2.06. The van der Waals surface area contributed by atoms with Crippen LogP contribution in [0.2, 0.25) is 5.02 Å². The first-order valence-corrected chi connectivity index (χ1v) is 8.24. The summed E-state index contributed by atoms with van der Waals surface area (Å²) in [4.78, 5) is 4.78. The van der Waals surface area contributed by atoms with Gasteiger partial charge in [0.25, 0.3) is 0 Å². The largest absolute Gasteiger partial charge is 0.461 e. The molecule has 14 heteroatoms. The highest BCUT2D eigenvalue weighted by Gasteiger charge is 2.61. The van der Waals surface area contributed by atoms with E-state index in [2.05, 4.69) is 4.98 Å². The van der Waals surface area contributed by atoms with Crippen LogP contribution >= 0.6 is 11.6 Å². The van der Waals surface area contributed by atoms with E-state index in [-0.39, 0.29) is 6.07 Å². The second-order valence-electron chi connectivity index (χ2n) is 6.26. The van der Waals surface area contributed by atoms with Gasteiger partial charge in [-0.15, -0.1) is 0 Å². The van der Waals surface area contributed by atoms with Crippen molar-refractivity contribution in [3.8, 4) is 11.1 Å². The molecule has 31 heavy (non-hydrogen) atoms. The number of nitrogens with one attached hydrogen (secondary N) is 1. The SMILES string of the molecule is FC(F)(F)c1ccc(-c2cc3nc(C(F)(F)C(F)(F)F)[nH]c3cc2Cl)c(C(F)(F)F)c1. The monoisotopic (exact) mass is 482 g/mol. The topological polar surface area (TPSA) is 28.7 Å². The summed E-state index contributed by atoms with van der Waals surface area (Å²) < 4.78 is 143. The molecule has 3 aromatic rings. The van der Waals surface area contributed by atoms with Crippen LogP contribution in [-0.4, -0.2) is 16.1 Å². The van der Waals surface area contributed by atoms with E-state index in [0.717, 1.165) is 6.07 Å². The number of hydrogen-bond acceptors (Lipinski definition) is 1. The summed E-state index contributed by atoms with van der Waals surface area (Å²) in [5, 5.41) is -0.553. The molecule has 0 amide bonds. The molecule has 0 atom stereocenters. The molecule has 0 radical (unpaired) electrons. The van der Waals surface area contributed by atoms with Crippen LogP contribution in [0.3, 0.4) is 0 Å². The van der Waals surface area contributed by atoms with Gasteiger partial charge in [0, 0.05) is 5.56 Å². The first kappa shape index (κ1) is 23.1. The third kappa shape index (κ3) is 4.14. The lowest BCUT2D eigenvalue weighted by molar-refractivity contribution is -0.292. The minimum atomic E-state index is -6.01. The summed E-state index contributed by atoms with van der Waals surface area (Å²) in [7, 11) is 0. The second kappa shape index (κ2) is 6.97. The molecule has 0 unspecified atom stereocenters. The van der Waals surface area contributed by atoms with Gasteiger partial charge in [-0.1, -0.05) is 17.7 Å². The highest BCUT2D eigenvalue weighted by Crippen LogP contribution is 2.45. The third-order valence-corrected chi connectivity index (χ3v) is 4.48. The van der Waals surface area contributed by atoms with Crippen molar-refractivity contribution in [1.82, 2.24) is 9.97 Å². The van der Waals surface area contributed by atoms with Gasteiger partial charge in [-0.3, -0.25) is 0 Å². The van der Waals surface area contributed by atoms with Crippen LogP contribution in [0.4, 0.5) is 48.3 Å². The number of aromatic nitrogens is 2. The molecule has 2 aromatic carbocycles. The van der Waals surface area contributed by atoms with E-state index in [1.807, 2.05) is 0 Å². The Bertz CT molecular complexity index is 1140. The van der Waals surface area contributed by atoms with Crippen molar-refractivity contribution in [3.05, 3.63) is 52.3 Å². The molecule has 0 saturated carbocycles. The highest BCUT2D eigenvalue weighted by atomic mass is 35.5. The quantitative estimate of drug-likeness (QED) is 0.375. The van der Waals surface area contributed by atoms with E-state index in [4.69, 9.17) is 11.6 Å². The Morgan fingerprint density at radius 2 is 1.35 bits per heavy atom. The average Bonchev–Trinajstić information content (AvgIpc) is 3.01. The Balaban J connectivity index is 2.23. The molecule has 1 aromatic heterocycles. The average molecular weight is 483 g/mol. The number of rotatable bonds is 2. The summed E-state index contributed by atoms with van der Waals surface area (Å²) in [5.74, 6) is -7.23. The number of imidazole rings is 1. The molecule has 0 bridgehead atoms. The van der Waals surface area contributed by atoms with Crippen molar-refractivity contribution < 1.29 is 48.3 Å². The van der Waals surface area contributed by atoms with Crippen molar-refractivity contribution in [3.63, 3.8) is 0 Å². The Hall–Kier alpha value is -2.57. The van der Waals surface area contributed by atoms with E-state index in [1.165, 1.54) is 0 Å². The van der Waals surface area contributed by atoms with Gasteiger partial charge in [0.1, 0.15) is 0 Å². The van der Waals surface area contributed by atoms with E-state index in [1.54, 1.807) is 4.98 Å². The second-order valence-corrected chi connectivity index (χ2v) is 6.67. The van der Waals surface area contributed by atoms with Crippen LogP contribution < -0.4 is 0 Å². The van der Waals surface area contributed by atoms with Gasteiger partial charge in [0.05, 0.1) is 27.2 Å². The number of nitrogens with zero attached hydrogens (tertiary/aromatic N) is 1. The predicted octanol–water partition coefficient (Wildman–Crippen LogP) is 7.58. The van der Waals surface area contributed by atoms with Crippen molar-refractivity contribution >= 4 is 22.6 Å². The molecule has 168 valence electrons. The van der Waals surface area contributed by atoms with E-state index in [0.29, 0.717) is 18.2 Å². The standard InChI is InChI=1S/C17H6ClF11N2/c18-10-5-12-11(30-13(31-12)14(19,20)17(27,28)29)4-8(10)7-2-1-6(15(21,22)23)3-9(7)16(24,25)26/h1-5H,(H,30,31). The number of alkyl halides is 11. The van der Waals surface area contributed by atoms with E-state index in [9.17, 15) is 48.3 Å². The lowest BCUT2D eigenvalue weighted by Gasteiger charge is -2.17. The summed E-state index contributed by atoms with van der Waals surface area (Å²) in [6.45, 7) is 0. The zero-order valence-corrected chi connectivity index (χ0v) is 15.1. The first-order chi connectivity index (χ1) is 13.9. The molecule has 0 aliphatic rings. The zero-order valence-electron chi connectivity index (χ0n) is 14.4. The maximum Gasteiger partial charge on any atom is 0.461 e. The van der Waals surface area contributed by atoms with Crippen LogP contribution in [-0.2, 0) is 18.3 Å². The fourth-order valence-corrected chi connectivity index (χ4v) is 2.98. The van der Waals surface area contributed by atoms with Crippen molar-refractivity contribution in [1.29, 1.82) is 0 Å². The molecule has 0 aliphatic carbocycles. The minimum absolute atomic E-state index is 0.163. The zero-order chi connectivity index (χ0) is 23.6. The van der Waals surface area contributed by atoms with Crippen LogP contribution in [0, 0.1) is 0 Å². The number of halogens is 12. The predicted molar refractivity (Wildman–Crippen MR) is 86.5 cm³/mol. The molecule has 0 saturated heterocycles. The summed E-state index contributed by atoms with van der Waals surface area (Å²) >= 11 is 5.86. The van der Waals surface area contributed by atoms with Crippen molar-refractivity contribution in [2.75, 3.05) is 0 Å². The molecule has 1 N–H and O–H groups in total. The van der Waals surface area contributed by atoms with Gasteiger partial charge in [-0.05, 0) is 29.8 Å². The number of benzene rings is 2. The smallest absolute Gasteiger partial charge is 0.337 e. The molecule has 0 spiro atoms. The van der Waals surface area contributed by atoms with Gasteiger partial charge in [0.2, 0.25) is 0 Å². The lowest BCUT2D eigenvalue weighted by Crippen LogP contribution is -2.34. The minimum Gasteiger partial charge on any atom is -0.337 e. The molecule has 2 nitrogen and oxygen atoms in total. The van der Waals surface area contributed by atoms with E-state index < -0.39 is 68.6 Å². The van der Waals surface area contributed by atoms with Gasteiger partial charge in [0.15, 0.2) is 5.82 Å². The van der Waals surface area contributed by atoms with Crippen LogP contribution in [0.1, 0.15) is 17.0 Å². The number of fused-ring (bicyclic) bond motifs is 1. The molecular formula is C17H6ClF11N2. The van der Waals surface area contributed by atoms with E-state index >= 15 is 0 Å². The van der Waals surface area contributed by atoms with Crippen molar-refractivity contribution in [2.24, 2.45) is 0 Å². The van der Waals surface area contributed by atoms with Gasteiger partial charge in [-0.25, -0.2) is 4.98 Å². The lowest BCUT2D eigenvalue weighted by atomic mass is 9.96. The molecular weight excluding hydrogens is 477 g/mol. The van der Waals surface area contributed by atoms with Crippen LogP contribution in [0.5, 0.6) is 0 Å². The molecule has 3 rings (SSSR count). The Morgan fingerprint density at radius 3 is 1.87 bits per heavy atom. The van der Waals surface area contributed by atoms with Gasteiger partial charge >= 0.3 is 24.5 Å². The Morgan fingerprint density at radius 1 is 0.742 bits per heavy atom. The van der Waals surface area contributed by atoms with Crippen LogP contribution in [0.25, 0.3) is 22.2 Å². The summed E-state index contributed by atoms with van der Waals surface area (Å²) in [6.07, 6.45) is -16.4. The fourth-order valence-electron chi connectivity index (χ4n) is 2.71. The highest BCUT2D eigenvalue weighted by molar-refractivity contribution is 6.34. The Kier molecular flexibility index (Phi) is 5.19. The third-order valence-electron chi connectivity index (χ3n) is 4.17. The maximum absolute atomic E-state index is 13.5. The fraction of sp³-hybridized carbons (Fsp3) is 0.235.